The maximum absolute atomic E-state index is 6.17. The van der Waals surface area contributed by atoms with Crippen LogP contribution in [0.1, 0.15) is 45.0 Å². The minimum Gasteiger partial charge on any atom is -0.339 e. The Labute approximate surface area is 113 Å². The lowest BCUT2D eigenvalue weighted by Gasteiger charge is -2.34. The summed E-state index contributed by atoms with van der Waals surface area (Å²) in [6.07, 6.45) is 4.14. The van der Waals surface area contributed by atoms with E-state index in [1.807, 2.05) is 39.8 Å². The first-order valence-corrected chi connectivity index (χ1v) is 6.31. The summed E-state index contributed by atoms with van der Waals surface area (Å²) in [5, 5.41) is 4.03. The normalized spacial score (nSPS) is 12.7. The van der Waals surface area contributed by atoms with Gasteiger partial charge in [0.2, 0.25) is 5.89 Å². The fourth-order valence-electron chi connectivity index (χ4n) is 1.54. The summed E-state index contributed by atoms with van der Waals surface area (Å²) >= 11 is 0. The Bertz CT molecular complexity index is 540. The van der Waals surface area contributed by atoms with E-state index in [2.05, 4.69) is 15.1 Å². The zero-order chi connectivity index (χ0) is 14.1. The first-order valence-electron chi connectivity index (χ1n) is 6.31. The smallest absolute Gasteiger partial charge is 0.234 e. The molecule has 0 fully saturated rings. The zero-order valence-electron chi connectivity index (χ0n) is 11.8. The third-order valence-electron chi connectivity index (χ3n) is 3.73. The Morgan fingerprint density at radius 1 is 1.16 bits per heavy atom. The van der Waals surface area contributed by atoms with Crippen molar-refractivity contribution in [2.24, 2.45) is 5.73 Å². The molecular formula is C14H20N4O. The van der Waals surface area contributed by atoms with Crippen molar-refractivity contribution in [2.75, 3.05) is 0 Å². The third kappa shape index (κ3) is 2.81. The molecule has 0 aromatic carbocycles. The number of hydrogen-bond donors (Lipinski definition) is 1. The highest BCUT2D eigenvalue weighted by Crippen LogP contribution is 2.31. The van der Waals surface area contributed by atoms with Crippen LogP contribution in [-0.4, -0.2) is 20.7 Å². The van der Waals surface area contributed by atoms with Crippen LogP contribution in [-0.2, 0) is 11.8 Å². The summed E-state index contributed by atoms with van der Waals surface area (Å²) in [4.78, 5) is 8.45. The lowest BCUT2D eigenvalue weighted by atomic mass is 9.75. The third-order valence-corrected chi connectivity index (χ3v) is 3.73. The molecule has 2 heterocycles. The number of nitrogens with zero attached hydrogens (tertiary/aromatic N) is 3. The number of rotatable bonds is 4. The molecular weight excluding hydrogens is 240 g/mol. The predicted octanol–water partition coefficient (Wildman–Crippen LogP) is 2.07. The van der Waals surface area contributed by atoms with Crippen molar-refractivity contribution in [3.63, 3.8) is 0 Å². The van der Waals surface area contributed by atoms with Crippen molar-refractivity contribution in [1.82, 2.24) is 15.1 Å². The van der Waals surface area contributed by atoms with Crippen molar-refractivity contribution >= 4 is 0 Å². The van der Waals surface area contributed by atoms with Crippen molar-refractivity contribution in [2.45, 2.75) is 45.1 Å². The molecule has 0 saturated heterocycles. The van der Waals surface area contributed by atoms with E-state index < -0.39 is 5.54 Å². The summed E-state index contributed by atoms with van der Waals surface area (Å²) in [6.45, 7) is 7.94. The van der Waals surface area contributed by atoms with Crippen LogP contribution in [0.5, 0.6) is 0 Å². The van der Waals surface area contributed by atoms with Gasteiger partial charge >= 0.3 is 0 Å². The molecule has 2 rings (SSSR count). The first kappa shape index (κ1) is 13.7. The van der Waals surface area contributed by atoms with Crippen LogP contribution in [0, 0.1) is 0 Å². The number of aromatic nitrogens is 3. The summed E-state index contributed by atoms with van der Waals surface area (Å²) in [7, 11) is 0. The minimum atomic E-state index is -0.437. The topological polar surface area (TPSA) is 77.8 Å². The maximum atomic E-state index is 6.17. The average Bonchev–Trinajstić information content (AvgIpc) is 2.78. The van der Waals surface area contributed by atoms with Gasteiger partial charge in [-0.15, -0.1) is 0 Å². The molecule has 0 saturated carbocycles. The van der Waals surface area contributed by atoms with Crippen molar-refractivity contribution < 1.29 is 4.52 Å². The zero-order valence-corrected chi connectivity index (χ0v) is 11.8. The van der Waals surface area contributed by atoms with Crippen LogP contribution in [0.15, 0.2) is 29.0 Å². The molecule has 19 heavy (non-hydrogen) atoms. The van der Waals surface area contributed by atoms with Gasteiger partial charge in [0.15, 0.2) is 5.82 Å². The van der Waals surface area contributed by atoms with Gasteiger partial charge in [-0.25, -0.2) is 0 Å². The van der Waals surface area contributed by atoms with Gasteiger partial charge in [0.05, 0.1) is 5.41 Å². The lowest BCUT2D eigenvalue weighted by Crippen LogP contribution is -2.50. The summed E-state index contributed by atoms with van der Waals surface area (Å²) in [5.74, 6) is 1.24. The first-order chi connectivity index (χ1) is 8.80. The average molecular weight is 260 g/mol. The Hall–Kier alpha value is -1.75. The van der Waals surface area contributed by atoms with Gasteiger partial charge in [0.1, 0.15) is 0 Å². The number of nitrogens with two attached hydrogens (primary N) is 1. The molecule has 0 aliphatic rings. The minimum absolute atomic E-state index is 0.378. The molecule has 0 atom stereocenters. The van der Waals surface area contributed by atoms with Crippen molar-refractivity contribution in [3.05, 3.63) is 41.8 Å². The van der Waals surface area contributed by atoms with E-state index in [4.69, 9.17) is 10.3 Å². The fraction of sp³-hybridized carbons (Fsp3) is 0.500. The predicted molar refractivity (Wildman–Crippen MR) is 72.6 cm³/mol. The Kier molecular flexibility index (Phi) is 3.41. The van der Waals surface area contributed by atoms with Gasteiger partial charge in [0.25, 0.3) is 0 Å². The highest BCUT2D eigenvalue weighted by molar-refractivity contribution is 5.16. The van der Waals surface area contributed by atoms with Crippen molar-refractivity contribution in [3.8, 4) is 0 Å². The Balaban J connectivity index is 2.20. The second-order valence-electron chi connectivity index (χ2n) is 5.89. The van der Waals surface area contributed by atoms with E-state index in [1.165, 1.54) is 0 Å². The largest absolute Gasteiger partial charge is 0.339 e. The Morgan fingerprint density at radius 3 is 2.37 bits per heavy atom. The van der Waals surface area contributed by atoms with Gasteiger partial charge in [0, 0.05) is 24.4 Å². The lowest BCUT2D eigenvalue weighted by molar-refractivity contribution is 0.222. The fourth-order valence-corrected chi connectivity index (χ4v) is 1.54. The van der Waals surface area contributed by atoms with Crippen LogP contribution in [0.3, 0.4) is 0 Å². The molecule has 0 bridgehead atoms. The molecule has 2 N–H and O–H groups in total. The van der Waals surface area contributed by atoms with E-state index in [0.717, 1.165) is 5.56 Å². The molecule has 2 aromatic rings. The number of pyridine rings is 1. The quantitative estimate of drug-likeness (QED) is 0.910. The second-order valence-corrected chi connectivity index (χ2v) is 5.89. The van der Waals surface area contributed by atoms with Crippen LogP contribution in [0.25, 0.3) is 0 Å². The van der Waals surface area contributed by atoms with E-state index >= 15 is 0 Å². The SMILES string of the molecule is CC(C)(N)C(C)(C)c1nc(Cc2ccncc2)no1. The summed E-state index contributed by atoms with van der Waals surface area (Å²) < 4.78 is 5.37. The molecule has 0 aliphatic carbocycles. The van der Waals surface area contributed by atoms with Gasteiger partial charge < -0.3 is 10.3 Å². The van der Waals surface area contributed by atoms with E-state index in [-0.39, 0.29) is 5.41 Å². The van der Waals surface area contributed by atoms with Crippen molar-refractivity contribution in [1.29, 1.82) is 0 Å². The number of hydrogen-bond acceptors (Lipinski definition) is 5. The standard InChI is InChI=1S/C14H20N4O/c1-13(2,14(3,4)15)12-17-11(18-19-12)9-10-5-7-16-8-6-10/h5-8H,9,15H2,1-4H3. The second kappa shape index (κ2) is 4.74. The summed E-state index contributed by atoms with van der Waals surface area (Å²) in [5.41, 5.74) is 6.46. The maximum Gasteiger partial charge on any atom is 0.234 e. The molecule has 5 nitrogen and oxygen atoms in total. The molecule has 0 spiro atoms. The molecule has 0 unspecified atom stereocenters. The molecule has 5 heteroatoms. The molecule has 0 aliphatic heterocycles. The van der Waals surface area contributed by atoms with Gasteiger partial charge in [-0.05, 0) is 45.4 Å². The van der Waals surface area contributed by atoms with Gasteiger partial charge in [-0.2, -0.15) is 4.98 Å². The molecule has 0 radical (unpaired) electrons. The van der Waals surface area contributed by atoms with E-state index in [9.17, 15) is 0 Å². The van der Waals surface area contributed by atoms with Crippen LogP contribution in [0.2, 0.25) is 0 Å². The van der Waals surface area contributed by atoms with Crippen LogP contribution >= 0.6 is 0 Å². The monoisotopic (exact) mass is 260 g/mol. The molecule has 102 valence electrons. The van der Waals surface area contributed by atoms with E-state index in [1.54, 1.807) is 12.4 Å². The van der Waals surface area contributed by atoms with Gasteiger partial charge in [-0.3, -0.25) is 4.98 Å². The van der Waals surface area contributed by atoms with Crippen LogP contribution in [0.4, 0.5) is 0 Å². The van der Waals surface area contributed by atoms with Gasteiger partial charge in [-0.1, -0.05) is 5.16 Å². The Morgan fingerprint density at radius 2 is 1.79 bits per heavy atom. The van der Waals surface area contributed by atoms with E-state index in [0.29, 0.717) is 18.1 Å². The highest BCUT2D eigenvalue weighted by atomic mass is 16.5. The molecule has 0 amide bonds. The molecule has 2 aromatic heterocycles. The highest BCUT2D eigenvalue weighted by Gasteiger charge is 2.40. The van der Waals surface area contributed by atoms with Crippen LogP contribution < -0.4 is 5.73 Å². The summed E-state index contributed by atoms with van der Waals surface area (Å²) in [6, 6.07) is 3.88.